The Hall–Kier alpha value is -2.04. The normalized spacial score (nSPS) is 15.5. The minimum absolute atomic E-state index is 0.388. The fraction of sp³-hybridized carbons (Fsp3) is 0.467. The van der Waals surface area contributed by atoms with Gasteiger partial charge >= 0.3 is 0 Å². The highest BCUT2D eigenvalue weighted by molar-refractivity contribution is 6.04. The van der Waals surface area contributed by atoms with Gasteiger partial charge in [-0.1, -0.05) is 0 Å². The van der Waals surface area contributed by atoms with E-state index in [1.165, 1.54) is 12.8 Å². The number of amidine groups is 1. The largest absolute Gasteiger partial charge is 0.371 e. The molecule has 0 atom stereocenters. The smallest absolute Gasteiger partial charge is 0.250 e. The monoisotopic (exact) mass is 274 g/mol. The first-order valence-corrected chi connectivity index (χ1v) is 7.07. The Kier molecular flexibility index (Phi) is 4.61. The van der Waals surface area contributed by atoms with Gasteiger partial charge in [-0.2, -0.15) is 0 Å². The summed E-state index contributed by atoms with van der Waals surface area (Å²) in [7, 11) is 1.73. The minimum Gasteiger partial charge on any atom is -0.371 e. The number of primary amides is 1. The Labute approximate surface area is 119 Å². The molecule has 1 aromatic carbocycles. The predicted octanol–water partition coefficient (Wildman–Crippen LogP) is 1.37. The number of aliphatic imine (C=N–C) groups is 1. The maximum Gasteiger partial charge on any atom is 0.250 e. The van der Waals surface area contributed by atoms with Crippen molar-refractivity contribution < 1.29 is 4.79 Å². The summed E-state index contributed by atoms with van der Waals surface area (Å²) in [6.45, 7) is 4.77. The molecular formula is C15H22N4O. The van der Waals surface area contributed by atoms with Crippen LogP contribution in [-0.2, 0) is 0 Å². The van der Waals surface area contributed by atoms with Crippen LogP contribution in [0.5, 0.6) is 0 Å². The summed E-state index contributed by atoms with van der Waals surface area (Å²) in [6.07, 6.45) is 2.33. The first kappa shape index (κ1) is 14.4. The zero-order valence-electron chi connectivity index (χ0n) is 12.1. The van der Waals surface area contributed by atoms with Crippen LogP contribution in [-0.4, -0.2) is 38.4 Å². The van der Waals surface area contributed by atoms with Crippen molar-refractivity contribution >= 4 is 17.4 Å². The highest BCUT2D eigenvalue weighted by Gasteiger charge is 2.19. The third-order valence-corrected chi connectivity index (χ3v) is 3.55. The number of nitrogens with two attached hydrogens (primary N) is 1. The van der Waals surface area contributed by atoms with E-state index in [1.807, 2.05) is 25.1 Å². The van der Waals surface area contributed by atoms with E-state index in [0.717, 1.165) is 36.7 Å². The summed E-state index contributed by atoms with van der Waals surface area (Å²) in [6, 6.07) is 5.80. The van der Waals surface area contributed by atoms with Crippen molar-refractivity contribution in [3.05, 3.63) is 29.3 Å². The predicted molar refractivity (Wildman–Crippen MR) is 82.5 cm³/mol. The Balaban J connectivity index is 2.39. The van der Waals surface area contributed by atoms with Gasteiger partial charge in [0, 0.05) is 37.9 Å². The summed E-state index contributed by atoms with van der Waals surface area (Å²) in [5, 5.41) is 3.19. The maximum absolute atomic E-state index is 11.7. The van der Waals surface area contributed by atoms with Crippen LogP contribution >= 0.6 is 0 Å². The molecule has 5 nitrogen and oxygen atoms in total. The van der Waals surface area contributed by atoms with E-state index in [4.69, 9.17) is 5.73 Å². The average Bonchev–Trinajstić information content (AvgIpc) is 2.98. The lowest BCUT2D eigenvalue weighted by molar-refractivity contribution is 0.100. The van der Waals surface area contributed by atoms with Crippen molar-refractivity contribution in [2.24, 2.45) is 10.7 Å². The van der Waals surface area contributed by atoms with Gasteiger partial charge in [0.25, 0.3) is 5.91 Å². The lowest BCUT2D eigenvalue weighted by Crippen LogP contribution is -2.26. The van der Waals surface area contributed by atoms with Crippen molar-refractivity contribution in [3.63, 3.8) is 0 Å². The average molecular weight is 274 g/mol. The van der Waals surface area contributed by atoms with Gasteiger partial charge in [-0.05, 0) is 38.0 Å². The van der Waals surface area contributed by atoms with Crippen LogP contribution in [0.25, 0.3) is 0 Å². The number of hydrogen-bond acceptors (Lipinski definition) is 3. The summed E-state index contributed by atoms with van der Waals surface area (Å²) in [5.74, 6) is 0.392. The van der Waals surface area contributed by atoms with Crippen LogP contribution in [0, 0.1) is 0 Å². The second-order valence-electron chi connectivity index (χ2n) is 4.89. The van der Waals surface area contributed by atoms with Gasteiger partial charge in [-0.25, -0.2) is 0 Å². The Bertz CT molecular complexity index is 519. The molecule has 1 amide bonds. The van der Waals surface area contributed by atoms with Crippen LogP contribution < -0.4 is 16.0 Å². The molecule has 0 spiro atoms. The van der Waals surface area contributed by atoms with Gasteiger partial charge in [0.05, 0.1) is 5.56 Å². The third-order valence-electron chi connectivity index (χ3n) is 3.55. The number of benzene rings is 1. The fourth-order valence-electron chi connectivity index (χ4n) is 2.59. The number of rotatable bonds is 4. The summed E-state index contributed by atoms with van der Waals surface area (Å²) < 4.78 is 0. The van der Waals surface area contributed by atoms with Crippen molar-refractivity contribution in [2.45, 2.75) is 19.8 Å². The number of carbonyl (C=O) groups is 1. The molecule has 1 saturated heterocycles. The van der Waals surface area contributed by atoms with Crippen LogP contribution in [0.1, 0.15) is 35.7 Å². The Morgan fingerprint density at radius 2 is 2.10 bits per heavy atom. The summed E-state index contributed by atoms with van der Waals surface area (Å²) in [4.78, 5) is 18.2. The van der Waals surface area contributed by atoms with Crippen LogP contribution in [0.2, 0.25) is 0 Å². The van der Waals surface area contributed by atoms with Gasteiger partial charge in [-0.15, -0.1) is 0 Å². The van der Waals surface area contributed by atoms with Gasteiger partial charge in [-0.3, -0.25) is 9.79 Å². The first-order valence-electron chi connectivity index (χ1n) is 7.07. The molecule has 0 radical (unpaired) electrons. The summed E-state index contributed by atoms with van der Waals surface area (Å²) >= 11 is 0. The second kappa shape index (κ2) is 6.41. The van der Waals surface area contributed by atoms with E-state index >= 15 is 0 Å². The maximum atomic E-state index is 11.7. The molecule has 3 N–H and O–H groups in total. The van der Waals surface area contributed by atoms with Crippen LogP contribution in [0.4, 0.5) is 5.69 Å². The highest BCUT2D eigenvalue weighted by Crippen LogP contribution is 2.25. The molecule has 5 heteroatoms. The van der Waals surface area contributed by atoms with E-state index in [9.17, 15) is 4.79 Å². The van der Waals surface area contributed by atoms with E-state index in [1.54, 1.807) is 7.05 Å². The molecule has 1 aliphatic rings. The number of nitrogens with zero attached hydrogens (tertiary/aromatic N) is 2. The zero-order valence-corrected chi connectivity index (χ0v) is 12.1. The number of amides is 1. The van der Waals surface area contributed by atoms with Gasteiger partial charge in [0.15, 0.2) is 0 Å². The lowest BCUT2D eigenvalue weighted by atomic mass is 10.1. The molecule has 0 saturated carbocycles. The number of nitrogens with one attached hydrogen (secondary N) is 1. The van der Waals surface area contributed by atoms with Gasteiger partial charge in [0.2, 0.25) is 0 Å². The van der Waals surface area contributed by atoms with Crippen LogP contribution in [0.3, 0.4) is 0 Å². The van der Waals surface area contributed by atoms with E-state index in [2.05, 4.69) is 15.2 Å². The highest BCUT2D eigenvalue weighted by atomic mass is 16.1. The quantitative estimate of drug-likeness (QED) is 0.643. The van der Waals surface area contributed by atoms with Crippen molar-refractivity contribution in [1.29, 1.82) is 0 Å². The Morgan fingerprint density at radius 3 is 2.65 bits per heavy atom. The molecule has 1 fully saturated rings. The fourth-order valence-corrected chi connectivity index (χ4v) is 2.59. The third kappa shape index (κ3) is 2.92. The van der Waals surface area contributed by atoms with Crippen molar-refractivity contribution in [3.8, 4) is 0 Å². The van der Waals surface area contributed by atoms with Crippen molar-refractivity contribution in [1.82, 2.24) is 5.32 Å². The Morgan fingerprint density at radius 1 is 1.40 bits per heavy atom. The van der Waals surface area contributed by atoms with E-state index in [-0.39, 0.29) is 5.91 Å². The molecular weight excluding hydrogens is 252 g/mol. The van der Waals surface area contributed by atoms with E-state index < -0.39 is 0 Å². The molecule has 1 aliphatic heterocycles. The molecule has 1 heterocycles. The second-order valence-corrected chi connectivity index (χ2v) is 4.89. The topological polar surface area (TPSA) is 70.7 Å². The van der Waals surface area contributed by atoms with Crippen molar-refractivity contribution in [2.75, 3.05) is 31.6 Å². The minimum atomic E-state index is -0.388. The zero-order chi connectivity index (χ0) is 14.5. The lowest BCUT2D eigenvalue weighted by Gasteiger charge is -2.21. The van der Waals surface area contributed by atoms with Gasteiger partial charge < -0.3 is 16.0 Å². The van der Waals surface area contributed by atoms with Gasteiger partial charge in [0.1, 0.15) is 5.84 Å². The number of anilines is 1. The molecule has 0 bridgehead atoms. The number of hydrogen-bond donors (Lipinski definition) is 2. The molecule has 108 valence electrons. The molecule has 1 aromatic rings. The standard InChI is InChI=1S/C15H22N4O/c1-3-18-15(17-2)11-6-7-13(12(10-11)14(16)20)19-8-4-5-9-19/h6-7,10H,3-5,8-9H2,1-2H3,(H2,16,20)(H,17,18). The van der Waals surface area contributed by atoms with Crippen LogP contribution in [0.15, 0.2) is 23.2 Å². The molecule has 2 rings (SSSR count). The molecule has 20 heavy (non-hydrogen) atoms. The van der Waals surface area contributed by atoms with E-state index in [0.29, 0.717) is 5.56 Å². The molecule has 0 aromatic heterocycles. The first-order chi connectivity index (χ1) is 9.67. The molecule has 0 aliphatic carbocycles. The summed E-state index contributed by atoms with van der Waals surface area (Å²) in [5.41, 5.74) is 7.94. The molecule has 0 unspecified atom stereocenters. The number of carbonyl (C=O) groups excluding carboxylic acids is 1. The SMILES string of the molecule is CCNC(=NC)c1ccc(N2CCCC2)c(C(N)=O)c1.